The van der Waals surface area contributed by atoms with Crippen molar-refractivity contribution in [3.63, 3.8) is 0 Å². The summed E-state index contributed by atoms with van der Waals surface area (Å²) in [6.07, 6.45) is 4.76. The predicted octanol–water partition coefficient (Wildman–Crippen LogP) is 2.50. The van der Waals surface area contributed by atoms with Gasteiger partial charge < -0.3 is 14.6 Å². The lowest BCUT2D eigenvalue weighted by Crippen LogP contribution is -2.13. The molecule has 0 saturated heterocycles. The van der Waals surface area contributed by atoms with Crippen LogP contribution in [0.15, 0.2) is 36.8 Å². The second-order valence-electron chi connectivity index (χ2n) is 4.61. The second-order valence-corrected chi connectivity index (χ2v) is 4.61. The first-order valence-electron chi connectivity index (χ1n) is 6.67. The molecule has 0 aliphatic carbocycles. The number of aryl methyl sites for hydroxylation is 1. The summed E-state index contributed by atoms with van der Waals surface area (Å²) in [5.74, 6) is 0.889. The molecule has 0 amide bonds. The van der Waals surface area contributed by atoms with Crippen LogP contribution in [-0.4, -0.2) is 16.1 Å². The highest BCUT2D eigenvalue weighted by Gasteiger charge is 2.00. The molecule has 1 N–H and O–H groups in total. The number of imidazole rings is 1. The molecule has 2 rings (SSSR count). The van der Waals surface area contributed by atoms with E-state index < -0.39 is 0 Å². The van der Waals surface area contributed by atoms with Crippen molar-refractivity contribution in [2.24, 2.45) is 7.05 Å². The third kappa shape index (κ3) is 4.10. The van der Waals surface area contributed by atoms with E-state index in [0.717, 1.165) is 31.0 Å². The zero-order chi connectivity index (χ0) is 13.5. The lowest BCUT2D eigenvalue weighted by molar-refractivity contribution is 0.297. The Kier molecular flexibility index (Phi) is 4.98. The summed E-state index contributed by atoms with van der Waals surface area (Å²) in [5.41, 5.74) is 2.34. The highest BCUT2D eigenvalue weighted by Crippen LogP contribution is 2.14. The first-order valence-corrected chi connectivity index (χ1v) is 6.67. The third-order valence-corrected chi connectivity index (χ3v) is 2.98. The Balaban J connectivity index is 1.83. The van der Waals surface area contributed by atoms with Crippen molar-refractivity contribution in [3.8, 4) is 5.75 Å². The van der Waals surface area contributed by atoms with Gasteiger partial charge in [0.2, 0.25) is 0 Å². The standard InChI is InChI=1S/C15H21N3O/c1-3-8-16-9-13-4-6-15(7-5-13)19-11-14-10-17-12-18(14)2/h4-7,10,12,16H,3,8-9,11H2,1-2H3. The summed E-state index contributed by atoms with van der Waals surface area (Å²) in [5, 5.41) is 3.38. The summed E-state index contributed by atoms with van der Waals surface area (Å²) in [7, 11) is 1.97. The van der Waals surface area contributed by atoms with Crippen molar-refractivity contribution in [1.82, 2.24) is 14.9 Å². The van der Waals surface area contributed by atoms with E-state index in [1.165, 1.54) is 5.56 Å². The number of nitrogens with zero attached hydrogens (tertiary/aromatic N) is 2. The maximum atomic E-state index is 5.73. The molecule has 19 heavy (non-hydrogen) atoms. The average molecular weight is 259 g/mol. The molecule has 102 valence electrons. The van der Waals surface area contributed by atoms with Crippen molar-refractivity contribution in [1.29, 1.82) is 0 Å². The van der Waals surface area contributed by atoms with Crippen molar-refractivity contribution in [2.45, 2.75) is 26.5 Å². The fourth-order valence-electron chi connectivity index (χ4n) is 1.79. The maximum Gasteiger partial charge on any atom is 0.130 e. The van der Waals surface area contributed by atoms with Crippen LogP contribution in [0.1, 0.15) is 24.6 Å². The molecule has 0 spiro atoms. The van der Waals surface area contributed by atoms with E-state index in [-0.39, 0.29) is 0 Å². The minimum absolute atomic E-state index is 0.546. The van der Waals surface area contributed by atoms with Crippen LogP contribution < -0.4 is 10.1 Å². The van der Waals surface area contributed by atoms with Gasteiger partial charge >= 0.3 is 0 Å². The van der Waals surface area contributed by atoms with Crippen LogP contribution in [0.4, 0.5) is 0 Å². The maximum absolute atomic E-state index is 5.73. The normalized spacial score (nSPS) is 10.6. The Morgan fingerprint density at radius 1 is 1.26 bits per heavy atom. The van der Waals surface area contributed by atoms with Gasteiger partial charge in [0.15, 0.2) is 0 Å². The summed E-state index contributed by atoms with van der Waals surface area (Å²) in [4.78, 5) is 4.06. The van der Waals surface area contributed by atoms with Crippen LogP contribution in [0, 0.1) is 0 Å². The molecule has 0 unspecified atom stereocenters. The summed E-state index contributed by atoms with van der Waals surface area (Å²) >= 11 is 0. The van der Waals surface area contributed by atoms with E-state index >= 15 is 0 Å². The zero-order valence-corrected chi connectivity index (χ0v) is 11.6. The van der Waals surface area contributed by atoms with Gasteiger partial charge in [0, 0.05) is 13.6 Å². The summed E-state index contributed by atoms with van der Waals surface area (Å²) in [6.45, 7) is 4.68. The topological polar surface area (TPSA) is 39.1 Å². The highest BCUT2D eigenvalue weighted by atomic mass is 16.5. The van der Waals surface area contributed by atoms with Gasteiger partial charge in [-0.2, -0.15) is 0 Å². The summed E-state index contributed by atoms with van der Waals surface area (Å²) < 4.78 is 7.69. The Labute approximate surface area is 114 Å². The zero-order valence-electron chi connectivity index (χ0n) is 11.6. The van der Waals surface area contributed by atoms with Crippen molar-refractivity contribution in [2.75, 3.05) is 6.54 Å². The van der Waals surface area contributed by atoms with E-state index in [0.29, 0.717) is 6.61 Å². The molecule has 0 aliphatic rings. The number of rotatable bonds is 7. The van der Waals surface area contributed by atoms with Gasteiger partial charge in [-0.25, -0.2) is 4.98 Å². The predicted molar refractivity (Wildman–Crippen MR) is 76.0 cm³/mol. The van der Waals surface area contributed by atoms with Gasteiger partial charge in [-0.3, -0.25) is 0 Å². The number of aromatic nitrogens is 2. The summed E-state index contributed by atoms with van der Waals surface area (Å²) in [6, 6.07) is 8.22. The molecule has 1 aromatic heterocycles. The molecule has 0 aliphatic heterocycles. The lowest BCUT2D eigenvalue weighted by Gasteiger charge is -2.08. The molecule has 0 radical (unpaired) electrons. The second kappa shape index (κ2) is 6.95. The Morgan fingerprint density at radius 2 is 2.05 bits per heavy atom. The highest BCUT2D eigenvalue weighted by molar-refractivity contribution is 5.27. The molecule has 4 nitrogen and oxygen atoms in total. The monoisotopic (exact) mass is 259 g/mol. The molecule has 0 saturated carbocycles. The fraction of sp³-hybridized carbons (Fsp3) is 0.400. The van der Waals surface area contributed by atoms with E-state index in [4.69, 9.17) is 4.74 Å². The molecule has 0 bridgehead atoms. The van der Waals surface area contributed by atoms with Crippen LogP contribution in [0.25, 0.3) is 0 Å². The van der Waals surface area contributed by atoms with E-state index in [2.05, 4.69) is 29.4 Å². The molecular formula is C15H21N3O. The van der Waals surface area contributed by atoms with Gasteiger partial charge in [0.05, 0.1) is 18.2 Å². The van der Waals surface area contributed by atoms with Crippen LogP contribution in [-0.2, 0) is 20.2 Å². The fourth-order valence-corrected chi connectivity index (χ4v) is 1.79. The van der Waals surface area contributed by atoms with Gasteiger partial charge in [-0.1, -0.05) is 19.1 Å². The molecule has 1 heterocycles. The van der Waals surface area contributed by atoms with Crippen LogP contribution in [0.2, 0.25) is 0 Å². The van der Waals surface area contributed by atoms with Gasteiger partial charge in [-0.15, -0.1) is 0 Å². The molecular weight excluding hydrogens is 238 g/mol. The Bertz CT molecular complexity index is 490. The minimum atomic E-state index is 0.546. The molecule has 0 fully saturated rings. The number of hydrogen-bond donors (Lipinski definition) is 1. The third-order valence-electron chi connectivity index (χ3n) is 2.98. The van der Waals surface area contributed by atoms with E-state index in [9.17, 15) is 0 Å². The van der Waals surface area contributed by atoms with Gasteiger partial charge in [0.25, 0.3) is 0 Å². The molecule has 0 atom stereocenters. The Hall–Kier alpha value is -1.81. The number of nitrogens with one attached hydrogen (secondary N) is 1. The molecule has 4 heteroatoms. The average Bonchev–Trinajstić information content (AvgIpc) is 2.84. The number of ether oxygens (including phenoxy) is 1. The molecule has 1 aromatic carbocycles. The minimum Gasteiger partial charge on any atom is -0.487 e. The van der Waals surface area contributed by atoms with Gasteiger partial charge in [-0.05, 0) is 30.7 Å². The van der Waals surface area contributed by atoms with Crippen molar-refractivity contribution in [3.05, 3.63) is 48.0 Å². The first-order chi connectivity index (χ1) is 9.29. The van der Waals surface area contributed by atoms with Crippen LogP contribution in [0.5, 0.6) is 5.75 Å². The van der Waals surface area contributed by atoms with Crippen molar-refractivity contribution >= 4 is 0 Å². The van der Waals surface area contributed by atoms with Gasteiger partial charge in [0.1, 0.15) is 12.4 Å². The molecule has 2 aromatic rings. The quantitative estimate of drug-likeness (QED) is 0.776. The van der Waals surface area contributed by atoms with Crippen LogP contribution in [0.3, 0.4) is 0 Å². The number of benzene rings is 1. The lowest BCUT2D eigenvalue weighted by atomic mass is 10.2. The smallest absolute Gasteiger partial charge is 0.130 e. The van der Waals surface area contributed by atoms with Crippen molar-refractivity contribution < 1.29 is 4.74 Å². The first kappa shape index (κ1) is 13.6. The van der Waals surface area contributed by atoms with E-state index in [1.54, 1.807) is 6.33 Å². The number of hydrogen-bond acceptors (Lipinski definition) is 3. The van der Waals surface area contributed by atoms with E-state index in [1.807, 2.05) is 29.9 Å². The SMILES string of the molecule is CCCNCc1ccc(OCc2cncn2C)cc1. The largest absolute Gasteiger partial charge is 0.487 e. The van der Waals surface area contributed by atoms with Crippen LogP contribution >= 0.6 is 0 Å². The Morgan fingerprint density at radius 3 is 2.68 bits per heavy atom.